The van der Waals surface area contributed by atoms with E-state index in [1.807, 2.05) is 26.4 Å². The number of nitrogens with zero attached hydrogens (tertiary/aromatic N) is 5. The van der Waals surface area contributed by atoms with Gasteiger partial charge >= 0.3 is 0 Å². The molecule has 1 N–H and O–H groups in total. The van der Waals surface area contributed by atoms with Gasteiger partial charge in [-0.15, -0.1) is 0 Å². The van der Waals surface area contributed by atoms with Gasteiger partial charge in [0.25, 0.3) is 5.91 Å². The number of hydrogen-bond acceptors (Lipinski definition) is 7. The summed E-state index contributed by atoms with van der Waals surface area (Å²) in [5.41, 5.74) is 2.14. The van der Waals surface area contributed by atoms with Gasteiger partial charge in [-0.05, 0) is 32.9 Å². The minimum absolute atomic E-state index is 0.0261. The third-order valence-corrected chi connectivity index (χ3v) is 7.11. The standard InChI is InChI=1S/C28H37N5O3/c1-20-15-33(21(2)18-34)28(35)25-11-23(10-9-22-7-5-4-6-8-22)14-31-27(25)36-26(20)17-32(3)16-24-12-29-19-30-13-24/h11-14,19-22,26,34H,4-8,15-18H2,1-3H3/t20-,21-,26+/m1/s1. The van der Waals surface area contributed by atoms with Gasteiger partial charge in [0.15, 0.2) is 0 Å². The van der Waals surface area contributed by atoms with Crippen molar-refractivity contribution in [2.24, 2.45) is 11.8 Å². The van der Waals surface area contributed by atoms with Gasteiger partial charge in [0, 0.05) is 61.2 Å². The fourth-order valence-electron chi connectivity index (χ4n) is 4.92. The fourth-order valence-corrected chi connectivity index (χ4v) is 4.92. The Morgan fingerprint density at radius 3 is 2.69 bits per heavy atom. The van der Waals surface area contributed by atoms with Crippen LogP contribution in [0.3, 0.4) is 0 Å². The molecule has 1 aliphatic carbocycles. The molecular weight excluding hydrogens is 454 g/mol. The number of amides is 1. The van der Waals surface area contributed by atoms with Gasteiger partial charge in [-0.1, -0.05) is 38.0 Å². The molecule has 0 bridgehead atoms. The van der Waals surface area contributed by atoms with Crippen LogP contribution in [-0.2, 0) is 6.54 Å². The summed E-state index contributed by atoms with van der Waals surface area (Å²) >= 11 is 0. The molecule has 8 heteroatoms. The zero-order chi connectivity index (χ0) is 25.5. The molecule has 0 radical (unpaired) electrons. The topological polar surface area (TPSA) is 91.7 Å². The smallest absolute Gasteiger partial charge is 0.259 e. The maximum absolute atomic E-state index is 13.6. The molecule has 8 nitrogen and oxygen atoms in total. The second-order valence-corrected chi connectivity index (χ2v) is 10.2. The van der Waals surface area contributed by atoms with E-state index in [-0.39, 0.29) is 30.6 Å². The SMILES string of the molecule is C[C@@H]1CN([C@H](C)CO)C(=O)c2cc(C#CC3CCCCC3)cnc2O[C@H]1CN(C)Cc1cncnc1. The van der Waals surface area contributed by atoms with Gasteiger partial charge in [-0.25, -0.2) is 15.0 Å². The van der Waals surface area contributed by atoms with Crippen molar-refractivity contribution < 1.29 is 14.6 Å². The number of aromatic nitrogens is 3. The van der Waals surface area contributed by atoms with Gasteiger partial charge in [0.2, 0.25) is 5.88 Å². The molecular formula is C28H37N5O3. The predicted octanol–water partition coefficient (Wildman–Crippen LogP) is 3.16. The van der Waals surface area contributed by atoms with Crippen LogP contribution in [0, 0.1) is 23.7 Å². The largest absolute Gasteiger partial charge is 0.472 e. The summed E-state index contributed by atoms with van der Waals surface area (Å²) in [6.07, 6.45) is 12.7. The van der Waals surface area contributed by atoms with Gasteiger partial charge in [-0.3, -0.25) is 9.69 Å². The van der Waals surface area contributed by atoms with Gasteiger partial charge in [0.1, 0.15) is 18.0 Å². The van der Waals surface area contributed by atoms with Crippen LogP contribution >= 0.6 is 0 Å². The van der Waals surface area contributed by atoms with E-state index in [0.29, 0.717) is 37.0 Å². The second-order valence-electron chi connectivity index (χ2n) is 10.2. The Hall–Kier alpha value is -3.02. The first-order chi connectivity index (χ1) is 17.4. The number of hydrogen-bond donors (Lipinski definition) is 1. The number of likely N-dealkylation sites (N-methyl/N-ethyl adjacent to an activating group) is 1. The van der Waals surface area contributed by atoms with Crippen LogP contribution in [0.2, 0.25) is 0 Å². The quantitative estimate of drug-likeness (QED) is 0.621. The van der Waals surface area contributed by atoms with Crippen molar-refractivity contribution in [3.63, 3.8) is 0 Å². The van der Waals surface area contributed by atoms with E-state index in [2.05, 4.69) is 38.6 Å². The van der Waals surface area contributed by atoms with Crippen LogP contribution in [0.4, 0.5) is 0 Å². The van der Waals surface area contributed by atoms with Crippen LogP contribution in [0.5, 0.6) is 5.88 Å². The lowest BCUT2D eigenvalue weighted by atomic mass is 9.90. The molecule has 3 atom stereocenters. The number of carbonyl (C=O) groups excluding carboxylic acids is 1. The van der Waals surface area contributed by atoms with Crippen LogP contribution in [0.15, 0.2) is 31.0 Å². The van der Waals surface area contributed by atoms with Gasteiger partial charge < -0.3 is 14.7 Å². The highest BCUT2D eigenvalue weighted by Crippen LogP contribution is 2.28. The van der Waals surface area contributed by atoms with Crippen LogP contribution in [0.1, 0.15) is 67.4 Å². The highest BCUT2D eigenvalue weighted by atomic mass is 16.5. The molecule has 0 aromatic carbocycles. The van der Waals surface area contributed by atoms with Crippen molar-refractivity contribution in [3.8, 4) is 17.7 Å². The molecule has 2 aliphatic rings. The summed E-state index contributed by atoms with van der Waals surface area (Å²) < 4.78 is 6.40. The van der Waals surface area contributed by atoms with Gasteiger partial charge in [0.05, 0.1) is 12.6 Å². The average Bonchev–Trinajstić information content (AvgIpc) is 2.90. The number of pyridine rings is 1. The van der Waals surface area contributed by atoms with Crippen molar-refractivity contribution in [2.75, 3.05) is 26.7 Å². The molecule has 0 spiro atoms. The lowest BCUT2D eigenvalue weighted by molar-refractivity contribution is 0.0325. The zero-order valence-electron chi connectivity index (χ0n) is 21.6. The van der Waals surface area contributed by atoms with Crippen molar-refractivity contribution in [1.29, 1.82) is 0 Å². The monoisotopic (exact) mass is 491 g/mol. The summed E-state index contributed by atoms with van der Waals surface area (Å²) in [7, 11) is 2.03. The average molecular weight is 492 g/mol. The number of fused-ring (bicyclic) bond motifs is 1. The molecule has 2 aromatic heterocycles. The highest BCUT2D eigenvalue weighted by Gasteiger charge is 2.34. The molecule has 1 amide bonds. The van der Waals surface area contributed by atoms with Gasteiger partial charge in [-0.2, -0.15) is 0 Å². The predicted molar refractivity (Wildman–Crippen MR) is 137 cm³/mol. The highest BCUT2D eigenvalue weighted by molar-refractivity contribution is 5.97. The lowest BCUT2D eigenvalue weighted by Crippen LogP contribution is -2.49. The van der Waals surface area contributed by atoms with E-state index < -0.39 is 0 Å². The maximum Gasteiger partial charge on any atom is 0.259 e. The van der Waals surface area contributed by atoms with Crippen LogP contribution in [0.25, 0.3) is 0 Å². The third kappa shape index (κ3) is 6.59. The summed E-state index contributed by atoms with van der Waals surface area (Å²) in [5, 5.41) is 9.88. The van der Waals surface area contributed by atoms with E-state index in [1.165, 1.54) is 25.6 Å². The third-order valence-electron chi connectivity index (χ3n) is 7.11. The zero-order valence-corrected chi connectivity index (χ0v) is 21.6. The van der Waals surface area contributed by atoms with E-state index >= 15 is 0 Å². The molecule has 1 saturated carbocycles. The molecule has 36 heavy (non-hydrogen) atoms. The number of aliphatic hydroxyl groups is 1. The molecule has 2 aromatic rings. The molecule has 1 aliphatic heterocycles. The normalized spacial score (nSPS) is 21.6. The number of rotatable bonds is 6. The van der Waals surface area contributed by atoms with Crippen molar-refractivity contribution in [1.82, 2.24) is 24.8 Å². The first-order valence-corrected chi connectivity index (χ1v) is 13.0. The molecule has 192 valence electrons. The van der Waals surface area contributed by atoms with Crippen molar-refractivity contribution in [2.45, 2.75) is 64.6 Å². The molecule has 4 rings (SSSR count). The second kappa shape index (κ2) is 12.3. The Balaban J connectivity index is 1.59. The number of ether oxygens (including phenoxy) is 1. The Morgan fingerprint density at radius 2 is 1.97 bits per heavy atom. The summed E-state index contributed by atoms with van der Waals surface area (Å²) in [6, 6.07) is 1.48. The first-order valence-electron chi connectivity index (χ1n) is 13.0. The lowest BCUT2D eigenvalue weighted by Gasteiger charge is -2.37. The molecule has 3 heterocycles. The van der Waals surface area contributed by atoms with Crippen molar-refractivity contribution in [3.05, 3.63) is 47.7 Å². The maximum atomic E-state index is 13.6. The summed E-state index contributed by atoms with van der Waals surface area (Å²) in [5.74, 6) is 7.22. The Bertz CT molecular complexity index is 1080. The number of aliphatic hydroxyl groups excluding tert-OH is 1. The van der Waals surface area contributed by atoms with E-state index in [4.69, 9.17) is 4.74 Å². The number of carbonyl (C=O) groups is 1. The van der Waals surface area contributed by atoms with E-state index in [1.54, 1.807) is 17.2 Å². The van der Waals surface area contributed by atoms with Crippen molar-refractivity contribution >= 4 is 5.91 Å². The fraction of sp³-hybridized carbons (Fsp3) is 0.571. The molecule has 0 saturated heterocycles. The minimum atomic E-state index is -0.317. The summed E-state index contributed by atoms with van der Waals surface area (Å²) in [6.45, 7) is 5.62. The van der Waals surface area contributed by atoms with Crippen LogP contribution in [-0.4, -0.2) is 74.7 Å². The van der Waals surface area contributed by atoms with Crippen LogP contribution < -0.4 is 4.74 Å². The van der Waals surface area contributed by atoms with E-state index in [0.717, 1.165) is 24.0 Å². The van der Waals surface area contributed by atoms with E-state index in [9.17, 15) is 9.90 Å². The molecule has 1 fully saturated rings. The summed E-state index contributed by atoms with van der Waals surface area (Å²) in [4.78, 5) is 30.2. The first kappa shape index (κ1) is 26.1. The molecule has 0 unspecified atom stereocenters. The minimum Gasteiger partial charge on any atom is -0.472 e. The Labute approximate surface area is 214 Å². The Morgan fingerprint density at radius 1 is 1.22 bits per heavy atom. The Kier molecular flexibility index (Phi) is 8.89.